The first-order valence-corrected chi connectivity index (χ1v) is 5.50. The molecule has 6 nitrogen and oxygen atoms in total. The van der Waals surface area contributed by atoms with Gasteiger partial charge in [0.15, 0.2) is 6.23 Å². The Morgan fingerprint density at radius 1 is 1.56 bits per heavy atom. The lowest BCUT2D eigenvalue weighted by molar-refractivity contribution is -0.385. The SMILES string of the molecule is Cc1c([N+](=O)[O-])cnn1C1CCCCCO1. The molecule has 1 saturated heterocycles. The molecule has 0 radical (unpaired) electrons. The van der Waals surface area contributed by atoms with Crippen molar-refractivity contribution in [2.45, 2.75) is 38.8 Å². The maximum Gasteiger partial charge on any atom is 0.309 e. The Kier molecular flexibility index (Phi) is 3.19. The molecule has 1 aromatic rings. The van der Waals surface area contributed by atoms with Crippen LogP contribution in [0.15, 0.2) is 6.20 Å². The minimum Gasteiger partial charge on any atom is -0.357 e. The zero-order valence-electron chi connectivity index (χ0n) is 9.26. The minimum absolute atomic E-state index is 0.0628. The van der Waals surface area contributed by atoms with Crippen LogP contribution in [0.4, 0.5) is 5.69 Å². The van der Waals surface area contributed by atoms with Crippen molar-refractivity contribution in [3.05, 3.63) is 22.0 Å². The third-order valence-corrected chi connectivity index (χ3v) is 2.89. The zero-order chi connectivity index (χ0) is 11.5. The van der Waals surface area contributed by atoms with E-state index >= 15 is 0 Å². The van der Waals surface area contributed by atoms with E-state index in [1.54, 1.807) is 11.6 Å². The van der Waals surface area contributed by atoms with E-state index in [-0.39, 0.29) is 11.9 Å². The van der Waals surface area contributed by atoms with Crippen LogP contribution in [0.3, 0.4) is 0 Å². The third-order valence-electron chi connectivity index (χ3n) is 2.89. The highest BCUT2D eigenvalue weighted by atomic mass is 16.6. The van der Waals surface area contributed by atoms with Gasteiger partial charge in [0.2, 0.25) is 0 Å². The van der Waals surface area contributed by atoms with Crippen LogP contribution in [0.25, 0.3) is 0 Å². The molecular weight excluding hydrogens is 210 g/mol. The molecule has 0 N–H and O–H groups in total. The second-order valence-electron chi connectivity index (χ2n) is 3.99. The number of ether oxygens (including phenoxy) is 1. The van der Waals surface area contributed by atoms with Crippen molar-refractivity contribution in [3.8, 4) is 0 Å². The Balaban J connectivity index is 2.22. The van der Waals surface area contributed by atoms with Gasteiger partial charge in [-0.15, -0.1) is 0 Å². The first-order valence-electron chi connectivity index (χ1n) is 5.50. The van der Waals surface area contributed by atoms with Crippen LogP contribution >= 0.6 is 0 Å². The highest BCUT2D eigenvalue weighted by molar-refractivity contribution is 5.31. The molecule has 6 heteroatoms. The molecule has 88 valence electrons. The molecule has 0 bridgehead atoms. The van der Waals surface area contributed by atoms with E-state index in [0.29, 0.717) is 12.3 Å². The number of aromatic nitrogens is 2. The summed E-state index contributed by atoms with van der Waals surface area (Å²) < 4.78 is 7.27. The van der Waals surface area contributed by atoms with E-state index in [9.17, 15) is 10.1 Å². The zero-order valence-corrected chi connectivity index (χ0v) is 9.26. The summed E-state index contributed by atoms with van der Waals surface area (Å²) in [7, 11) is 0. The molecule has 2 rings (SSSR count). The summed E-state index contributed by atoms with van der Waals surface area (Å²) >= 11 is 0. The fourth-order valence-electron chi connectivity index (χ4n) is 1.98. The molecule has 0 spiro atoms. The number of hydrogen-bond donors (Lipinski definition) is 0. The first-order chi connectivity index (χ1) is 7.70. The van der Waals surface area contributed by atoms with Gasteiger partial charge < -0.3 is 4.74 Å². The van der Waals surface area contributed by atoms with Crippen LogP contribution in [0.5, 0.6) is 0 Å². The smallest absolute Gasteiger partial charge is 0.309 e. The standard InChI is InChI=1S/C10H15N3O3/c1-8-9(13(14)15)7-11-12(8)10-5-3-2-4-6-16-10/h7,10H,2-6H2,1H3. The van der Waals surface area contributed by atoms with Crippen LogP contribution in [-0.2, 0) is 4.74 Å². The van der Waals surface area contributed by atoms with Crippen molar-refractivity contribution in [1.29, 1.82) is 0 Å². The highest BCUT2D eigenvalue weighted by Crippen LogP contribution is 2.26. The minimum atomic E-state index is -0.407. The number of nitrogens with zero attached hydrogens (tertiary/aromatic N) is 3. The highest BCUT2D eigenvalue weighted by Gasteiger charge is 2.23. The lowest BCUT2D eigenvalue weighted by Crippen LogP contribution is -2.15. The second kappa shape index (κ2) is 4.61. The van der Waals surface area contributed by atoms with Crippen LogP contribution in [0, 0.1) is 17.0 Å². The quantitative estimate of drug-likeness (QED) is 0.571. The summed E-state index contributed by atoms with van der Waals surface area (Å²) in [6, 6.07) is 0. The maximum atomic E-state index is 10.7. The number of hydrogen-bond acceptors (Lipinski definition) is 4. The second-order valence-corrected chi connectivity index (χ2v) is 3.99. The predicted octanol–water partition coefficient (Wildman–Crippen LogP) is 2.19. The first kappa shape index (κ1) is 11.1. The molecule has 1 aliphatic rings. The fourth-order valence-corrected chi connectivity index (χ4v) is 1.98. The van der Waals surface area contributed by atoms with Gasteiger partial charge in [0.1, 0.15) is 11.9 Å². The summed E-state index contributed by atoms with van der Waals surface area (Å²) in [5.74, 6) is 0. The van der Waals surface area contributed by atoms with Gasteiger partial charge in [-0.05, 0) is 26.2 Å². The molecule has 0 saturated carbocycles. The van der Waals surface area contributed by atoms with E-state index in [1.807, 2.05) is 0 Å². The molecule has 16 heavy (non-hydrogen) atoms. The van der Waals surface area contributed by atoms with Crippen LogP contribution < -0.4 is 0 Å². The van der Waals surface area contributed by atoms with Crippen molar-refractivity contribution in [3.63, 3.8) is 0 Å². The van der Waals surface area contributed by atoms with Crippen LogP contribution in [0.1, 0.15) is 37.6 Å². The number of nitro groups is 1. The van der Waals surface area contributed by atoms with Gasteiger partial charge in [-0.2, -0.15) is 5.10 Å². The molecule has 1 fully saturated rings. The molecular formula is C10H15N3O3. The molecule has 0 aliphatic carbocycles. The Labute approximate surface area is 93.4 Å². The molecule has 1 aliphatic heterocycles. The summed E-state index contributed by atoms with van der Waals surface area (Å²) in [5, 5.41) is 14.7. The van der Waals surface area contributed by atoms with Crippen molar-refractivity contribution < 1.29 is 9.66 Å². The molecule has 0 amide bonds. The summed E-state index contributed by atoms with van der Waals surface area (Å²) in [6.07, 6.45) is 5.31. The molecule has 0 aromatic carbocycles. The van der Waals surface area contributed by atoms with Crippen molar-refractivity contribution in [2.75, 3.05) is 6.61 Å². The number of rotatable bonds is 2. The third kappa shape index (κ3) is 2.06. The van der Waals surface area contributed by atoms with Crippen LogP contribution in [0.2, 0.25) is 0 Å². The van der Waals surface area contributed by atoms with E-state index in [4.69, 9.17) is 4.74 Å². The molecule has 2 heterocycles. The van der Waals surface area contributed by atoms with Crippen molar-refractivity contribution in [1.82, 2.24) is 9.78 Å². The lowest BCUT2D eigenvalue weighted by atomic mass is 10.2. The maximum absolute atomic E-state index is 10.7. The Bertz CT molecular complexity index is 381. The van der Waals surface area contributed by atoms with Gasteiger partial charge in [-0.25, -0.2) is 4.68 Å². The summed E-state index contributed by atoms with van der Waals surface area (Å²) in [6.45, 7) is 2.41. The van der Waals surface area contributed by atoms with E-state index in [0.717, 1.165) is 25.7 Å². The monoisotopic (exact) mass is 225 g/mol. The van der Waals surface area contributed by atoms with Gasteiger partial charge in [0, 0.05) is 6.61 Å². The predicted molar refractivity (Wildman–Crippen MR) is 57.1 cm³/mol. The van der Waals surface area contributed by atoms with Crippen molar-refractivity contribution >= 4 is 5.69 Å². The Morgan fingerprint density at radius 3 is 3.06 bits per heavy atom. The summed E-state index contributed by atoms with van der Waals surface area (Å²) in [5.41, 5.74) is 0.629. The lowest BCUT2D eigenvalue weighted by Gasteiger charge is -2.16. The average Bonchev–Trinajstić information content (AvgIpc) is 2.50. The normalized spacial score (nSPS) is 21.7. The molecule has 1 atom stereocenters. The molecule has 1 unspecified atom stereocenters. The van der Waals surface area contributed by atoms with Gasteiger partial charge in [0.25, 0.3) is 0 Å². The van der Waals surface area contributed by atoms with Gasteiger partial charge in [-0.1, -0.05) is 6.42 Å². The Hall–Kier alpha value is -1.43. The topological polar surface area (TPSA) is 70.2 Å². The van der Waals surface area contributed by atoms with E-state index in [2.05, 4.69) is 5.10 Å². The Morgan fingerprint density at radius 2 is 2.38 bits per heavy atom. The van der Waals surface area contributed by atoms with E-state index < -0.39 is 4.92 Å². The van der Waals surface area contributed by atoms with Gasteiger partial charge >= 0.3 is 5.69 Å². The fraction of sp³-hybridized carbons (Fsp3) is 0.700. The largest absolute Gasteiger partial charge is 0.357 e. The van der Waals surface area contributed by atoms with Gasteiger partial charge in [0.05, 0.1) is 4.92 Å². The van der Waals surface area contributed by atoms with Gasteiger partial charge in [-0.3, -0.25) is 10.1 Å². The summed E-state index contributed by atoms with van der Waals surface area (Å²) in [4.78, 5) is 10.3. The van der Waals surface area contributed by atoms with Crippen molar-refractivity contribution in [2.24, 2.45) is 0 Å². The van der Waals surface area contributed by atoms with E-state index in [1.165, 1.54) is 6.20 Å². The van der Waals surface area contributed by atoms with Crippen LogP contribution in [-0.4, -0.2) is 21.3 Å². The average molecular weight is 225 g/mol. The molecule has 1 aromatic heterocycles.